The van der Waals surface area contributed by atoms with Crippen LogP contribution >= 0.6 is 0 Å². The van der Waals surface area contributed by atoms with Gasteiger partial charge in [-0.15, -0.1) is 0 Å². The summed E-state index contributed by atoms with van der Waals surface area (Å²) in [5.74, 6) is -0.968. The minimum absolute atomic E-state index is 0.181. The first kappa shape index (κ1) is 27.0. The van der Waals surface area contributed by atoms with Crippen LogP contribution < -0.4 is 0 Å². The molecule has 1 saturated carbocycles. The summed E-state index contributed by atoms with van der Waals surface area (Å²) in [7, 11) is 0. The van der Waals surface area contributed by atoms with Gasteiger partial charge in [-0.05, 0) is 25.7 Å². The lowest BCUT2D eigenvalue weighted by Crippen LogP contribution is -2.35. The van der Waals surface area contributed by atoms with Gasteiger partial charge in [0.05, 0.1) is 25.0 Å². The summed E-state index contributed by atoms with van der Waals surface area (Å²) >= 11 is 0. The molecule has 4 nitrogen and oxygen atoms in total. The van der Waals surface area contributed by atoms with Gasteiger partial charge in [0.15, 0.2) is 0 Å². The number of carbonyl (C=O) groups is 2. The number of hydrogen-bond acceptors (Lipinski definition) is 4. The molecule has 2 atom stereocenters. The van der Waals surface area contributed by atoms with Crippen molar-refractivity contribution in [2.75, 3.05) is 13.2 Å². The van der Waals surface area contributed by atoms with E-state index in [1.165, 1.54) is 64.2 Å². The van der Waals surface area contributed by atoms with Gasteiger partial charge in [-0.3, -0.25) is 9.59 Å². The van der Waals surface area contributed by atoms with Crippen LogP contribution in [-0.4, -0.2) is 25.2 Å². The standard InChI is InChI=1S/C26H48O4/c1-3-5-7-9-10-11-12-14-18-22-30-26(28)24-20-16-15-19-23(24)25(27)29-21-17-13-8-6-4-2/h23-24H,3-22H2,1-2H3. The Balaban J connectivity index is 2.16. The zero-order valence-corrected chi connectivity index (χ0v) is 19.9. The molecule has 0 aromatic carbocycles. The summed E-state index contributed by atoms with van der Waals surface area (Å²) in [5, 5.41) is 0. The lowest BCUT2D eigenvalue weighted by Gasteiger charge is -2.28. The topological polar surface area (TPSA) is 52.6 Å². The fraction of sp³-hybridized carbons (Fsp3) is 0.923. The number of esters is 2. The highest BCUT2D eigenvalue weighted by Gasteiger charge is 2.37. The van der Waals surface area contributed by atoms with Crippen LogP contribution in [0.15, 0.2) is 0 Å². The van der Waals surface area contributed by atoms with Gasteiger partial charge in [-0.1, -0.05) is 104 Å². The van der Waals surface area contributed by atoms with Crippen LogP contribution in [0.3, 0.4) is 0 Å². The first-order valence-corrected chi connectivity index (χ1v) is 13.0. The molecule has 1 aliphatic rings. The quantitative estimate of drug-likeness (QED) is 0.170. The molecule has 0 heterocycles. The van der Waals surface area contributed by atoms with Gasteiger partial charge in [-0.25, -0.2) is 0 Å². The molecule has 0 amide bonds. The number of unbranched alkanes of at least 4 members (excludes halogenated alkanes) is 12. The van der Waals surface area contributed by atoms with Crippen LogP contribution in [-0.2, 0) is 19.1 Å². The molecule has 2 unspecified atom stereocenters. The van der Waals surface area contributed by atoms with E-state index in [9.17, 15) is 9.59 Å². The molecule has 0 aliphatic heterocycles. The molecule has 1 fully saturated rings. The number of hydrogen-bond donors (Lipinski definition) is 0. The number of ether oxygens (including phenoxy) is 2. The lowest BCUT2D eigenvalue weighted by atomic mass is 9.79. The lowest BCUT2D eigenvalue weighted by molar-refractivity contribution is -0.163. The average molecular weight is 425 g/mol. The molecule has 0 aromatic rings. The predicted octanol–water partition coefficient (Wildman–Crippen LogP) is 7.38. The van der Waals surface area contributed by atoms with Crippen LogP contribution in [0, 0.1) is 11.8 Å². The molecule has 0 N–H and O–H groups in total. The fourth-order valence-electron chi connectivity index (χ4n) is 4.37. The Bertz CT molecular complexity index is 435. The molecule has 0 saturated heterocycles. The minimum Gasteiger partial charge on any atom is -0.465 e. The summed E-state index contributed by atoms with van der Waals surface area (Å²) in [4.78, 5) is 25.1. The Labute approximate surface area is 185 Å². The first-order valence-electron chi connectivity index (χ1n) is 13.0. The molecule has 0 spiro atoms. The zero-order valence-electron chi connectivity index (χ0n) is 19.9. The monoisotopic (exact) mass is 424 g/mol. The Morgan fingerprint density at radius 1 is 0.567 bits per heavy atom. The van der Waals surface area contributed by atoms with Gasteiger partial charge in [0.1, 0.15) is 0 Å². The molecule has 176 valence electrons. The van der Waals surface area contributed by atoms with Crippen molar-refractivity contribution in [3.63, 3.8) is 0 Å². The van der Waals surface area contributed by atoms with Crippen molar-refractivity contribution in [1.29, 1.82) is 0 Å². The molecule has 0 radical (unpaired) electrons. The second-order valence-electron chi connectivity index (χ2n) is 9.08. The Hall–Kier alpha value is -1.06. The van der Waals surface area contributed by atoms with E-state index in [0.29, 0.717) is 13.2 Å². The van der Waals surface area contributed by atoms with E-state index in [1.807, 2.05) is 0 Å². The molecule has 0 aromatic heterocycles. The highest BCUT2D eigenvalue weighted by atomic mass is 16.5. The number of carbonyl (C=O) groups excluding carboxylic acids is 2. The maximum absolute atomic E-state index is 12.6. The minimum atomic E-state index is -0.301. The molecular formula is C26H48O4. The summed E-state index contributed by atoms with van der Waals surface area (Å²) < 4.78 is 11.0. The van der Waals surface area contributed by atoms with E-state index < -0.39 is 0 Å². The van der Waals surface area contributed by atoms with Gasteiger partial charge in [0.25, 0.3) is 0 Å². The van der Waals surface area contributed by atoms with Crippen LogP contribution in [0.4, 0.5) is 0 Å². The highest BCUT2D eigenvalue weighted by molar-refractivity contribution is 5.82. The average Bonchev–Trinajstić information content (AvgIpc) is 2.77. The molecule has 4 heteroatoms. The normalized spacial score (nSPS) is 18.9. The molecular weight excluding hydrogens is 376 g/mol. The molecule has 30 heavy (non-hydrogen) atoms. The van der Waals surface area contributed by atoms with Gasteiger partial charge in [-0.2, -0.15) is 0 Å². The zero-order chi connectivity index (χ0) is 21.9. The van der Waals surface area contributed by atoms with Crippen LogP contribution in [0.2, 0.25) is 0 Å². The summed E-state index contributed by atoms with van der Waals surface area (Å²) in [6, 6.07) is 0. The fourth-order valence-corrected chi connectivity index (χ4v) is 4.37. The largest absolute Gasteiger partial charge is 0.465 e. The first-order chi connectivity index (χ1) is 14.7. The summed E-state index contributed by atoms with van der Waals surface area (Å²) in [6.07, 6.45) is 20.4. The third-order valence-corrected chi connectivity index (χ3v) is 6.36. The van der Waals surface area contributed by atoms with Gasteiger partial charge in [0.2, 0.25) is 0 Å². The van der Waals surface area contributed by atoms with Crippen molar-refractivity contribution in [1.82, 2.24) is 0 Å². The van der Waals surface area contributed by atoms with Gasteiger partial charge in [0, 0.05) is 0 Å². The van der Waals surface area contributed by atoms with Gasteiger partial charge >= 0.3 is 11.9 Å². The van der Waals surface area contributed by atoms with Crippen LogP contribution in [0.25, 0.3) is 0 Å². The van der Waals surface area contributed by atoms with Crippen molar-refractivity contribution < 1.29 is 19.1 Å². The second kappa shape index (κ2) is 18.7. The smallest absolute Gasteiger partial charge is 0.309 e. The highest BCUT2D eigenvalue weighted by Crippen LogP contribution is 2.32. The Kier molecular flexibility index (Phi) is 16.8. The van der Waals surface area contributed by atoms with E-state index in [1.54, 1.807) is 0 Å². The molecule has 0 bridgehead atoms. The van der Waals surface area contributed by atoms with E-state index in [4.69, 9.17) is 9.47 Å². The van der Waals surface area contributed by atoms with Gasteiger partial charge < -0.3 is 9.47 Å². The van der Waals surface area contributed by atoms with Crippen molar-refractivity contribution in [2.24, 2.45) is 11.8 Å². The van der Waals surface area contributed by atoms with Crippen LogP contribution in [0.1, 0.15) is 129 Å². The summed E-state index contributed by atoms with van der Waals surface area (Å²) in [5.41, 5.74) is 0. The Morgan fingerprint density at radius 2 is 0.900 bits per heavy atom. The SMILES string of the molecule is CCCCCCCCCCCOC(=O)C1CCCCC1C(=O)OCCCCCCC. The van der Waals surface area contributed by atoms with Crippen molar-refractivity contribution in [3.8, 4) is 0 Å². The maximum atomic E-state index is 12.6. The van der Waals surface area contributed by atoms with Crippen molar-refractivity contribution >= 4 is 11.9 Å². The molecule has 1 rings (SSSR count). The third-order valence-electron chi connectivity index (χ3n) is 6.36. The third kappa shape index (κ3) is 12.6. The maximum Gasteiger partial charge on any atom is 0.309 e. The van der Waals surface area contributed by atoms with Crippen LogP contribution in [0.5, 0.6) is 0 Å². The van der Waals surface area contributed by atoms with E-state index >= 15 is 0 Å². The Morgan fingerprint density at radius 3 is 1.27 bits per heavy atom. The predicted molar refractivity (Wildman–Crippen MR) is 123 cm³/mol. The van der Waals surface area contributed by atoms with E-state index in [-0.39, 0.29) is 23.8 Å². The summed E-state index contributed by atoms with van der Waals surface area (Å²) in [6.45, 7) is 5.41. The number of rotatable bonds is 18. The molecule has 1 aliphatic carbocycles. The van der Waals surface area contributed by atoms with Crippen molar-refractivity contribution in [3.05, 3.63) is 0 Å². The van der Waals surface area contributed by atoms with Crippen molar-refractivity contribution in [2.45, 2.75) is 129 Å². The second-order valence-corrected chi connectivity index (χ2v) is 9.08. The van der Waals surface area contributed by atoms with E-state index in [2.05, 4.69) is 13.8 Å². The van der Waals surface area contributed by atoms with E-state index in [0.717, 1.165) is 51.4 Å².